The predicted molar refractivity (Wildman–Crippen MR) is 127 cm³/mol. The largest absolute Gasteiger partial charge is 0.590 e. The maximum Gasteiger partial charge on any atom is 0.435 e. The number of benzene rings is 1. The normalized spacial score (nSPS) is 10.1. The van der Waals surface area contributed by atoms with Gasteiger partial charge in [-0.05, 0) is 37.6 Å². The maximum absolute atomic E-state index is 13.3. The number of aromatic nitrogens is 3. The molecule has 2 heterocycles. The Bertz CT molecular complexity index is 1190. The SMILES string of the molecule is CC.CO.Cc1cc(C)c(NC(=O)c2cc(C(F)(F)F)nn2-c2ncccc2Cl)c(C(=O)[N-]N)c1.[Y]. The molecule has 0 spiro atoms. The Morgan fingerprint density at radius 2 is 1.78 bits per heavy atom. The fourth-order valence-electron chi connectivity index (χ4n) is 2.93. The summed E-state index contributed by atoms with van der Waals surface area (Å²) in [5.74, 6) is 3.14. The number of nitrogens with one attached hydrogen (secondary N) is 1. The van der Waals surface area contributed by atoms with Gasteiger partial charge in [-0.15, -0.1) is 0 Å². The van der Waals surface area contributed by atoms with E-state index in [1.807, 2.05) is 13.8 Å². The molecule has 2 amide bonds. The number of alkyl halides is 3. The Morgan fingerprint density at radius 3 is 2.31 bits per heavy atom. The minimum Gasteiger partial charge on any atom is -0.590 e. The molecule has 0 atom stereocenters. The summed E-state index contributed by atoms with van der Waals surface area (Å²) in [6, 6.07) is 6.57. The van der Waals surface area contributed by atoms with Crippen molar-refractivity contribution in [3.63, 3.8) is 0 Å². The van der Waals surface area contributed by atoms with Crippen LogP contribution in [0.5, 0.6) is 0 Å². The molecule has 0 aliphatic rings. The van der Waals surface area contributed by atoms with Gasteiger partial charge in [0, 0.05) is 57.6 Å². The third-order valence-electron chi connectivity index (χ3n) is 4.24. The molecule has 0 saturated carbocycles. The van der Waals surface area contributed by atoms with Crippen LogP contribution in [0.25, 0.3) is 11.2 Å². The maximum atomic E-state index is 13.3. The van der Waals surface area contributed by atoms with Crippen molar-refractivity contribution in [1.29, 1.82) is 0 Å². The average Bonchev–Trinajstić information content (AvgIpc) is 3.29. The summed E-state index contributed by atoms with van der Waals surface area (Å²) in [5, 5.41) is 12.9. The number of hydrogen-bond donors (Lipinski definition) is 3. The summed E-state index contributed by atoms with van der Waals surface area (Å²) < 4.78 is 40.5. The molecule has 0 aliphatic heterocycles. The Labute approximate surface area is 236 Å². The number of anilines is 1. The number of nitrogens with zero attached hydrogens (tertiary/aromatic N) is 4. The van der Waals surface area contributed by atoms with Crippen molar-refractivity contribution in [2.24, 2.45) is 5.84 Å². The van der Waals surface area contributed by atoms with E-state index in [-0.39, 0.29) is 54.8 Å². The monoisotopic (exact) mass is 602 g/mol. The second-order valence-corrected chi connectivity index (χ2v) is 6.93. The summed E-state index contributed by atoms with van der Waals surface area (Å²) in [5.41, 5.74) is 2.55. The number of aliphatic hydroxyl groups is 1. The van der Waals surface area contributed by atoms with E-state index in [4.69, 9.17) is 22.6 Å². The molecule has 0 bridgehead atoms. The number of nitrogens with two attached hydrogens (primary N) is 1. The van der Waals surface area contributed by atoms with Crippen LogP contribution in [0.3, 0.4) is 0 Å². The van der Waals surface area contributed by atoms with Gasteiger partial charge < -0.3 is 26.5 Å². The van der Waals surface area contributed by atoms with Crippen molar-refractivity contribution in [1.82, 2.24) is 14.8 Å². The minimum atomic E-state index is -4.82. The third-order valence-corrected chi connectivity index (χ3v) is 4.53. The van der Waals surface area contributed by atoms with Crippen LogP contribution in [0.4, 0.5) is 18.9 Å². The number of rotatable bonds is 4. The Balaban J connectivity index is 0.00000233. The van der Waals surface area contributed by atoms with Crippen molar-refractivity contribution in [2.45, 2.75) is 33.9 Å². The second-order valence-electron chi connectivity index (χ2n) is 6.53. The fourth-order valence-corrected chi connectivity index (χ4v) is 3.13. The summed E-state index contributed by atoms with van der Waals surface area (Å²) in [7, 11) is 1.00. The standard InChI is InChI=1S/C19H16ClF3N6O2.C2H6.CH4O.Y/c1-9-6-10(2)15(11(7-9)17(30)27-24)26-18(31)13-8-14(19(21,22)23)28-29(13)16-12(20)4-3-5-25-16;2*1-2;/h3-8H,1-2H3,(H4,24,26,27,28,30,31);1-2H3;2H,1H3;/p-1. The van der Waals surface area contributed by atoms with E-state index < -0.39 is 29.4 Å². The molecular formula is C22H25ClF3N6O3Y-. The van der Waals surface area contributed by atoms with E-state index in [1.54, 1.807) is 19.9 Å². The van der Waals surface area contributed by atoms with Gasteiger partial charge in [0.25, 0.3) is 5.91 Å². The van der Waals surface area contributed by atoms with E-state index in [0.717, 1.165) is 7.11 Å². The third kappa shape index (κ3) is 8.07. The molecule has 0 fully saturated rings. The molecule has 0 aliphatic carbocycles. The first-order valence-corrected chi connectivity index (χ1v) is 10.5. The molecule has 36 heavy (non-hydrogen) atoms. The van der Waals surface area contributed by atoms with Gasteiger partial charge in [-0.25, -0.2) is 9.67 Å². The molecule has 4 N–H and O–H groups in total. The quantitative estimate of drug-likeness (QED) is 0.222. The van der Waals surface area contributed by atoms with Crippen LogP contribution in [0, 0.1) is 13.8 Å². The fraction of sp³-hybridized carbons (Fsp3) is 0.273. The molecule has 2 aromatic heterocycles. The molecule has 14 heteroatoms. The molecule has 9 nitrogen and oxygen atoms in total. The number of hydrogen-bond acceptors (Lipinski definition) is 6. The number of pyridine rings is 1. The van der Waals surface area contributed by atoms with Crippen LogP contribution >= 0.6 is 11.6 Å². The summed E-state index contributed by atoms with van der Waals surface area (Å²) >= 11 is 6.04. The van der Waals surface area contributed by atoms with Gasteiger partial charge in [0.15, 0.2) is 11.5 Å². The number of aryl methyl sites for hydroxylation is 2. The number of carbonyl (C=O) groups excluding carboxylic acids is 2. The van der Waals surface area contributed by atoms with Crippen molar-refractivity contribution < 1.29 is 60.6 Å². The van der Waals surface area contributed by atoms with Crippen LogP contribution in [-0.2, 0) is 38.9 Å². The Morgan fingerprint density at radius 1 is 1.17 bits per heavy atom. The Hall–Kier alpha value is -2.38. The van der Waals surface area contributed by atoms with Gasteiger partial charge in [0.1, 0.15) is 5.69 Å². The first-order valence-electron chi connectivity index (χ1n) is 10.1. The topological polar surface area (TPSA) is 137 Å². The van der Waals surface area contributed by atoms with Crippen LogP contribution in [0.1, 0.15) is 51.5 Å². The van der Waals surface area contributed by atoms with E-state index in [2.05, 4.69) is 20.8 Å². The smallest absolute Gasteiger partial charge is 0.435 e. The van der Waals surface area contributed by atoms with Gasteiger partial charge in [-0.2, -0.15) is 18.3 Å². The molecule has 0 saturated heterocycles. The zero-order valence-corrected chi connectivity index (χ0v) is 23.8. The summed E-state index contributed by atoms with van der Waals surface area (Å²) in [6.45, 7) is 7.34. The van der Waals surface area contributed by atoms with Crippen molar-refractivity contribution in [3.8, 4) is 5.82 Å². The van der Waals surface area contributed by atoms with Gasteiger partial charge in [-0.3, -0.25) is 4.79 Å². The van der Waals surface area contributed by atoms with Crippen LogP contribution in [0.15, 0.2) is 36.5 Å². The first-order chi connectivity index (χ1) is 16.5. The van der Waals surface area contributed by atoms with Crippen molar-refractivity contribution in [3.05, 3.63) is 75.1 Å². The van der Waals surface area contributed by atoms with E-state index in [1.165, 1.54) is 24.4 Å². The molecular weight excluding hydrogens is 578 g/mol. The zero-order valence-electron chi connectivity index (χ0n) is 20.2. The van der Waals surface area contributed by atoms with E-state index in [0.29, 0.717) is 21.9 Å². The average molecular weight is 603 g/mol. The molecule has 3 aromatic rings. The van der Waals surface area contributed by atoms with Crippen LogP contribution in [0.2, 0.25) is 5.02 Å². The van der Waals surface area contributed by atoms with Crippen molar-refractivity contribution in [2.75, 3.05) is 12.4 Å². The predicted octanol–water partition coefficient (Wildman–Crippen LogP) is 4.83. The minimum absolute atomic E-state index is 0. The second kappa shape index (κ2) is 15.0. The van der Waals surface area contributed by atoms with Crippen molar-refractivity contribution >= 4 is 29.1 Å². The van der Waals surface area contributed by atoms with Gasteiger partial charge in [0.05, 0.1) is 16.6 Å². The molecule has 0 unspecified atom stereocenters. The zero-order chi connectivity index (χ0) is 26.9. The van der Waals surface area contributed by atoms with E-state index in [9.17, 15) is 22.8 Å². The van der Waals surface area contributed by atoms with E-state index >= 15 is 0 Å². The summed E-state index contributed by atoms with van der Waals surface area (Å²) in [6.07, 6.45) is -3.53. The molecule has 1 radical (unpaired) electrons. The number of halogens is 4. The molecule has 3 rings (SSSR count). The summed E-state index contributed by atoms with van der Waals surface area (Å²) in [4.78, 5) is 29.0. The number of aliphatic hydroxyl groups excluding tert-OH is 1. The van der Waals surface area contributed by atoms with Gasteiger partial charge >= 0.3 is 6.18 Å². The number of carbonyl (C=O) groups is 2. The van der Waals surface area contributed by atoms with Crippen LogP contribution in [-0.4, -0.2) is 38.8 Å². The Kier molecular flexibility index (Phi) is 14.0. The van der Waals surface area contributed by atoms with Gasteiger partial charge in [-0.1, -0.05) is 37.1 Å². The molecule has 193 valence electrons. The van der Waals surface area contributed by atoms with Gasteiger partial charge in [0.2, 0.25) is 0 Å². The molecule has 1 aromatic carbocycles. The van der Waals surface area contributed by atoms with Crippen LogP contribution < -0.4 is 11.2 Å². The number of amides is 2. The first kappa shape index (κ1) is 33.6.